The van der Waals surface area contributed by atoms with Gasteiger partial charge in [0.1, 0.15) is 17.5 Å². The smallest absolute Gasteiger partial charge is 0.262 e. The monoisotopic (exact) mass is 416 g/mol. The summed E-state index contributed by atoms with van der Waals surface area (Å²) in [4.78, 5) is 39.8. The van der Waals surface area contributed by atoms with Crippen LogP contribution in [0.5, 0.6) is 11.5 Å². The molecule has 0 radical (unpaired) electrons. The lowest BCUT2D eigenvalue weighted by atomic mass is 10.0. The third-order valence-electron chi connectivity index (χ3n) is 4.74. The van der Waals surface area contributed by atoms with Crippen LogP contribution in [0, 0.1) is 5.92 Å². The van der Waals surface area contributed by atoms with Gasteiger partial charge in [-0.05, 0) is 18.1 Å². The van der Waals surface area contributed by atoms with Crippen LogP contribution in [0.25, 0.3) is 0 Å². The summed E-state index contributed by atoms with van der Waals surface area (Å²) in [5, 5.41) is 3.06. The number of methoxy groups -OCH3 is 2. The predicted molar refractivity (Wildman–Crippen MR) is 109 cm³/mol. The first-order chi connectivity index (χ1) is 13.8. The number of hydrogen-bond acceptors (Lipinski definition) is 5. The van der Waals surface area contributed by atoms with Crippen LogP contribution in [-0.4, -0.2) is 42.9 Å². The summed E-state index contributed by atoms with van der Waals surface area (Å²) < 4.78 is 10.5. The maximum atomic E-state index is 13.1. The summed E-state index contributed by atoms with van der Waals surface area (Å²) in [6, 6.07) is 8.57. The van der Waals surface area contributed by atoms with Crippen LogP contribution < -0.4 is 14.8 Å². The highest BCUT2D eigenvalue weighted by atomic mass is 35.5. The number of halogens is 1. The van der Waals surface area contributed by atoms with Crippen molar-refractivity contribution in [3.63, 3.8) is 0 Å². The molecule has 0 spiro atoms. The number of anilines is 1. The van der Waals surface area contributed by atoms with Crippen molar-refractivity contribution in [2.24, 2.45) is 5.92 Å². The van der Waals surface area contributed by atoms with Gasteiger partial charge >= 0.3 is 0 Å². The van der Waals surface area contributed by atoms with E-state index in [0.717, 1.165) is 4.90 Å². The minimum Gasteiger partial charge on any atom is -0.495 e. The molecule has 1 unspecified atom stereocenters. The topological polar surface area (TPSA) is 84.9 Å². The number of rotatable bonds is 6. The van der Waals surface area contributed by atoms with Gasteiger partial charge in [-0.15, -0.1) is 0 Å². The molecule has 152 valence electrons. The van der Waals surface area contributed by atoms with Crippen molar-refractivity contribution in [3.05, 3.63) is 52.5 Å². The van der Waals surface area contributed by atoms with E-state index in [2.05, 4.69) is 5.32 Å². The number of nitrogens with one attached hydrogen (secondary N) is 1. The van der Waals surface area contributed by atoms with Crippen LogP contribution in [-0.2, 0) is 4.79 Å². The molecule has 1 atom stereocenters. The first-order valence-corrected chi connectivity index (χ1v) is 9.37. The Labute approximate surface area is 173 Å². The molecule has 0 aromatic heterocycles. The third kappa shape index (κ3) is 3.65. The van der Waals surface area contributed by atoms with Crippen LogP contribution in [0.4, 0.5) is 5.69 Å². The summed E-state index contributed by atoms with van der Waals surface area (Å²) >= 11 is 6.11. The molecular weight excluding hydrogens is 396 g/mol. The largest absolute Gasteiger partial charge is 0.495 e. The number of imide groups is 1. The Morgan fingerprint density at radius 2 is 1.55 bits per heavy atom. The first kappa shape index (κ1) is 20.7. The summed E-state index contributed by atoms with van der Waals surface area (Å²) in [7, 11) is 2.90. The highest BCUT2D eigenvalue weighted by molar-refractivity contribution is 6.32. The van der Waals surface area contributed by atoms with Crippen LogP contribution in [0.1, 0.15) is 34.6 Å². The van der Waals surface area contributed by atoms with E-state index in [1.807, 2.05) is 0 Å². The highest BCUT2D eigenvalue weighted by Gasteiger charge is 2.44. The molecule has 1 heterocycles. The van der Waals surface area contributed by atoms with E-state index in [9.17, 15) is 14.4 Å². The molecule has 2 aromatic rings. The summed E-state index contributed by atoms with van der Waals surface area (Å²) in [6.07, 6.45) is 0. The average Bonchev–Trinajstić information content (AvgIpc) is 2.94. The van der Waals surface area contributed by atoms with Crippen LogP contribution in [0.2, 0.25) is 5.02 Å². The number of carbonyl (C=O) groups is 3. The lowest BCUT2D eigenvalue weighted by Crippen LogP contribution is -2.50. The number of nitrogens with zero attached hydrogens (tertiary/aromatic N) is 1. The highest BCUT2D eigenvalue weighted by Crippen LogP contribution is 2.36. The number of carbonyl (C=O) groups excluding carboxylic acids is 3. The maximum Gasteiger partial charge on any atom is 0.262 e. The molecule has 1 N–H and O–H groups in total. The van der Waals surface area contributed by atoms with Gasteiger partial charge < -0.3 is 14.8 Å². The van der Waals surface area contributed by atoms with Crippen molar-refractivity contribution < 1.29 is 23.9 Å². The lowest BCUT2D eigenvalue weighted by molar-refractivity contribution is -0.121. The van der Waals surface area contributed by atoms with Crippen molar-refractivity contribution in [3.8, 4) is 11.5 Å². The Morgan fingerprint density at radius 3 is 2.03 bits per heavy atom. The number of ether oxygens (including phenoxy) is 2. The van der Waals surface area contributed by atoms with Crippen molar-refractivity contribution in [2.75, 3.05) is 19.5 Å². The number of benzene rings is 2. The second kappa shape index (κ2) is 8.13. The van der Waals surface area contributed by atoms with Gasteiger partial charge in [0.25, 0.3) is 11.8 Å². The molecule has 3 amide bonds. The fourth-order valence-electron chi connectivity index (χ4n) is 3.34. The molecule has 0 fully saturated rings. The average molecular weight is 417 g/mol. The van der Waals surface area contributed by atoms with E-state index in [4.69, 9.17) is 21.1 Å². The van der Waals surface area contributed by atoms with E-state index in [1.165, 1.54) is 26.4 Å². The quantitative estimate of drug-likeness (QED) is 0.727. The van der Waals surface area contributed by atoms with Gasteiger partial charge in [-0.3, -0.25) is 19.3 Å². The number of amides is 3. The van der Waals surface area contributed by atoms with E-state index in [0.29, 0.717) is 33.3 Å². The summed E-state index contributed by atoms with van der Waals surface area (Å²) in [5.41, 5.74) is 0.907. The molecule has 1 aliphatic rings. The van der Waals surface area contributed by atoms with Crippen molar-refractivity contribution in [1.29, 1.82) is 0 Å². The Balaban J connectivity index is 1.95. The molecule has 3 rings (SSSR count). The predicted octanol–water partition coefficient (Wildman–Crippen LogP) is 3.62. The molecule has 8 heteroatoms. The second-order valence-electron chi connectivity index (χ2n) is 6.89. The van der Waals surface area contributed by atoms with Gasteiger partial charge in [0.2, 0.25) is 5.91 Å². The van der Waals surface area contributed by atoms with E-state index in [1.54, 1.807) is 38.1 Å². The lowest BCUT2D eigenvalue weighted by Gasteiger charge is -2.28. The molecular formula is C21H21ClN2O5. The molecule has 2 aromatic carbocycles. The maximum absolute atomic E-state index is 13.1. The Kier molecular flexibility index (Phi) is 5.79. The van der Waals surface area contributed by atoms with E-state index in [-0.39, 0.29) is 5.92 Å². The van der Waals surface area contributed by atoms with Gasteiger partial charge in [-0.2, -0.15) is 0 Å². The molecule has 29 heavy (non-hydrogen) atoms. The summed E-state index contributed by atoms with van der Waals surface area (Å²) in [6.45, 7) is 3.54. The number of fused-ring (bicyclic) bond motifs is 1. The van der Waals surface area contributed by atoms with Gasteiger partial charge in [-0.25, -0.2) is 0 Å². The third-order valence-corrected chi connectivity index (χ3v) is 5.03. The number of hydrogen-bond donors (Lipinski definition) is 1. The fourth-order valence-corrected chi connectivity index (χ4v) is 3.57. The normalized spacial score (nSPS) is 14.1. The van der Waals surface area contributed by atoms with Crippen LogP contribution >= 0.6 is 11.6 Å². The molecule has 0 bridgehead atoms. The van der Waals surface area contributed by atoms with Gasteiger partial charge in [0.15, 0.2) is 0 Å². The standard InChI is InChI=1S/C21H21ClN2O5/c1-11(2)18(24-20(26)12-7-5-6-8-13(12)21(24)27)19(25)23-15-10-16(28-3)14(22)9-17(15)29-4/h5-11,18H,1-4H3,(H,23,25). The molecule has 0 aliphatic carbocycles. The van der Waals surface area contributed by atoms with E-state index < -0.39 is 23.8 Å². The molecule has 0 saturated carbocycles. The molecule has 0 saturated heterocycles. The van der Waals surface area contributed by atoms with Crippen LogP contribution in [0.15, 0.2) is 36.4 Å². The van der Waals surface area contributed by atoms with Crippen molar-refractivity contribution in [1.82, 2.24) is 4.90 Å². The zero-order valence-electron chi connectivity index (χ0n) is 16.5. The zero-order valence-corrected chi connectivity index (χ0v) is 17.2. The van der Waals surface area contributed by atoms with Gasteiger partial charge in [0, 0.05) is 12.1 Å². The van der Waals surface area contributed by atoms with Gasteiger partial charge in [-0.1, -0.05) is 37.6 Å². The fraction of sp³-hybridized carbons (Fsp3) is 0.286. The molecule has 7 nitrogen and oxygen atoms in total. The molecule has 1 aliphatic heterocycles. The first-order valence-electron chi connectivity index (χ1n) is 8.99. The minimum absolute atomic E-state index is 0.293. The van der Waals surface area contributed by atoms with Crippen molar-refractivity contribution >= 4 is 35.0 Å². The Hall–Kier alpha value is -3.06. The van der Waals surface area contributed by atoms with Gasteiger partial charge in [0.05, 0.1) is 36.1 Å². The SMILES string of the molecule is COc1cc(NC(=O)C(C(C)C)N2C(=O)c3ccccc3C2=O)c(OC)cc1Cl. The second-order valence-corrected chi connectivity index (χ2v) is 7.30. The zero-order chi connectivity index (χ0) is 21.3. The van der Waals surface area contributed by atoms with Crippen molar-refractivity contribution in [2.45, 2.75) is 19.9 Å². The Morgan fingerprint density at radius 1 is 1.00 bits per heavy atom. The Bertz CT molecular complexity index is 954. The van der Waals surface area contributed by atoms with Crippen LogP contribution in [0.3, 0.4) is 0 Å². The van der Waals surface area contributed by atoms with E-state index >= 15 is 0 Å². The minimum atomic E-state index is -1.01. The summed E-state index contributed by atoms with van der Waals surface area (Å²) in [5.74, 6) is -1.13.